The molecule has 84 valence electrons. The Morgan fingerprint density at radius 3 is 3.00 bits per heavy atom. The summed E-state index contributed by atoms with van der Waals surface area (Å²) in [5, 5.41) is 2.85. The summed E-state index contributed by atoms with van der Waals surface area (Å²) in [7, 11) is 1.84. The second kappa shape index (κ2) is 4.57. The van der Waals surface area contributed by atoms with Gasteiger partial charge >= 0.3 is 0 Å². The third kappa shape index (κ3) is 2.36. The highest BCUT2D eigenvalue weighted by molar-refractivity contribution is 9.10. The van der Waals surface area contributed by atoms with Crippen molar-refractivity contribution in [2.75, 3.05) is 0 Å². The zero-order chi connectivity index (χ0) is 11.5. The number of hydrogen-bond acceptors (Lipinski definition) is 1. The van der Waals surface area contributed by atoms with Gasteiger partial charge in [0.15, 0.2) is 0 Å². The van der Waals surface area contributed by atoms with E-state index in [0.717, 1.165) is 10.0 Å². The number of hydrogen-bond donors (Lipinski definition) is 2. The molecule has 0 saturated carbocycles. The molecule has 4 nitrogen and oxygen atoms in total. The van der Waals surface area contributed by atoms with Crippen LogP contribution in [-0.2, 0) is 13.6 Å². The summed E-state index contributed by atoms with van der Waals surface area (Å²) < 4.78 is 2.69. The molecule has 0 bridgehead atoms. The summed E-state index contributed by atoms with van der Waals surface area (Å²) in [5.74, 6) is -0.0746. The second-order valence-corrected chi connectivity index (χ2v) is 4.47. The van der Waals surface area contributed by atoms with Gasteiger partial charge in [0, 0.05) is 36.7 Å². The van der Waals surface area contributed by atoms with Gasteiger partial charge in [0.1, 0.15) is 5.69 Å². The lowest BCUT2D eigenvalue weighted by molar-refractivity contribution is 0.0943. The van der Waals surface area contributed by atoms with E-state index in [0.29, 0.717) is 12.2 Å². The Kier molecular flexibility index (Phi) is 3.14. The van der Waals surface area contributed by atoms with Crippen LogP contribution in [0.5, 0.6) is 0 Å². The summed E-state index contributed by atoms with van der Waals surface area (Å²) in [5.41, 5.74) is 1.70. The highest BCUT2D eigenvalue weighted by Gasteiger charge is 2.10. The fourth-order valence-corrected chi connectivity index (χ4v) is 2.02. The Balaban J connectivity index is 2.01. The van der Waals surface area contributed by atoms with Crippen LogP contribution in [0, 0.1) is 0 Å². The topological polar surface area (TPSA) is 49.8 Å². The van der Waals surface area contributed by atoms with E-state index in [9.17, 15) is 4.79 Å². The number of aromatic amines is 1. The quantitative estimate of drug-likeness (QED) is 0.889. The molecule has 16 heavy (non-hydrogen) atoms. The van der Waals surface area contributed by atoms with Crippen LogP contribution in [0.15, 0.2) is 35.2 Å². The van der Waals surface area contributed by atoms with Gasteiger partial charge < -0.3 is 14.9 Å². The third-order valence-electron chi connectivity index (χ3n) is 2.32. The lowest BCUT2D eigenvalue weighted by Gasteiger charge is -2.04. The van der Waals surface area contributed by atoms with Gasteiger partial charge in [0.2, 0.25) is 0 Å². The summed E-state index contributed by atoms with van der Waals surface area (Å²) in [6.45, 7) is 0.533. The number of nitrogens with zero attached hydrogens (tertiary/aromatic N) is 1. The van der Waals surface area contributed by atoms with Crippen LogP contribution in [0.3, 0.4) is 0 Å². The average molecular weight is 282 g/mol. The fraction of sp³-hybridized carbons (Fsp3) is 0.182. The standard InChI is InChI=1S/C11H12BrN3O/c1-15-7-9(12)4-10(15)11(16)14-6-8-2-3-13-5-8/h2-5,7,13H,6H2,1H3,(H,14,16). The predicted octanol–water partition coefficient (Wildman–Crippen LogP) is 2.05. The molecule has 0 spiro atoms. The van der Waals surface area contributed by atoms with E-state index in [1.54, 1.807) is 10.6 Å². The van der Waals surface area contributed by atoms with Crippen LogP contribution in [0.4, 0.5) is 0 Å². The zero-order valence-corrected chi connectivity index (χ0v) is 10.4. The van der Waals surface area contributed by atoms with Crippen LogP contribution in [-0.4, -0.2) is 15.5 Å². The van der Waals surface area contributed by atoms with Crippen LogP contribution >= 0.6 is 15.9 Å². The van der Waals surface area contributed by atoms with Crippen LogP contribution in [0.25, 0.3) is 0 Å². The molecule has 0 aliphatic rings. The minimum atomic E-state index is -0.0746. The minimum Gasteiger partial charge on any atom is -0.367 e. The molecule has 1 amide bonds. The maximum Gasteiger partial charge on any atom is 0.268 e. The summed E-state index contributed by atoms with van der Waals surface area (Å²) in [6, 6.07) is 3.73. The van der Waals surface area contributed by atoms with Gasteiger partial charge in [-0.15, -0.1) is 0 Å². The normalized spacial score (nSPS) is 10.4. The Bertz CT molecular complexity index is 487. The van der Waals surface area contributed by atoms with Crippen LogP contribution in [0.1, 0.15) is 16.1 Å². The molecular weight excluding hydrogens is 270 g/mol. The van der Waals surface area contributed by atoms with Crippen molar-refractivity contribution < 1.29 is 4.79 Å². The largest absolute Gasteiger partial charge is 0.367 e. The van der Waals surface area contributed by atoms with Crippen molar-refractivity contribution in [3.63, 3.8) is 0 Å². The lowest BCUT2D eigenvalue weighted by atomic mass is 10.3. The molecule has 0 aliphatic heterocycles. The van der Waals surface area contributed by atoms with Crippen molar-refractivity contribution in [2.45, 2.75) is 6.54 Å². The lowest BCUT2D eigenvalue weighted by Crippen LogP contribution is -2.24. The summed E-state index contributed by atoms with van der Waals surface area (Å²) in [6.07, 6.45) is 5.55. The number of halogens is 1. The predicted molar refractivity (Wildman–Crippen MR) is 65.1 cm³/mol. The first-order valence-electron chi connectivity index (χ1n) is 4.88. The van der Waals surface area contributed by atoms with Crippen molar-refractivity contribution in [2.24, 2.45) is 7.05 Å². The van der Waals surface area contributed by atoms with Gasteiger partial charge in [0.05, 0.1) is 0 Å². The minimum absolute atomic E-state index is 0.0746. The molecule has 0 radical (unpaired) electrons. The summed E-state index contributed by atoms with van der Waals surface area (Å²) >= 11 is 3.34. The molecular formula is C11H12BrN3O. The Morgan fingerprint density at radius 1 is 1.62 bits per heavy atom. The molecule has 0 aliphatic carbocycles. The van der Waals surface area contributed by atoms with Gasteiger partial charge in [-0.3, -0.25) is 4.79 Å². The summed E-state index contributed by atoms with van der Waals surface area (Å²) in [4.78, 5) is 14.8. The van der Waals surface area contributed by atoms with Gasteiger partial charge in [0.25, 0.3) is 5.91 Å². The van der Waals surface area contributed by atoms with Gasteiger partial charge in [-0.25, -0.2) is 0 Å². The first-order valence-corrected chi connectivity index (χ1v) is 5.68. The van der Waals surface area contributed by atoms with E-state index in [4.69, 9.17) is 0 Å². The fourth-order valence-electron chi connectivity index (χ4n) is 1.49. The highest BCUT2D eigenvalue weighted by Crippen LogP contribution is 2.13. The van der Waals surface area contributed by atoms with Crippen molar-refractivity contribution in [3.8, 4) is 0 Å². The Labute approximate surface area is 102 Å². The number of carbonyl (C=O) groups excluding carboxylic acids is 1. The van der Waals surface area contributed by atoms with Crippen molar-refractivity contribution in [3.05, 3.63) is 46.5 Å². The maximum atomic E-state index is 11.8. The maximum absolute atomic E-state index is 11.8. The second-order valence-electron chi connectivity index (χ2n) is 3.56. The van der Waals surface area contributed by atoms with Crippen molar-refractivity contribution in [1.29, 1.82) is 0 Å². The number of nitrogens with one attached hydrogen (secondary N) is 2. The highest BCUT2D eigenvalue weighted by atomic mass is 79.9. The molecule has 0 aromatic carbocycles. The van der Waals surface area contributed by atoms with E-state index in [-0.39, 0.29) is 5.91 Å². The molecule has 2 heterocycles. The Hall–Kier alpha value is -1.49. The Morgan fingerprint density at radius 2 is 2.44 bits per heavy atom. The number of amides is 1. The number of rotatable bonds is 3. The molecule has 2 aromatic rings. The molecule has 0 saturated heterocycles. The van der Waals surface area contributed by atoms with E-state index in [1.165, 1.54) is 0 Å². The smallest absolute Gasteiger partial charge is 0.268 e. The van der Waals surface area contributed by atoms with E-state index in [1.807, 2.05) is 31.7 Å². The van der Waals surface area contributed by atoms with E-state index >= 15 is 0 Å². The van der Waals surface area contributed by atoms with Crippen LogP contribution < -0.4 is 5.32 Å². The van der Waals surface area contributed by atoms with E-state index < -0.39 is 0 Å². The molecule has 2 N–H and O–H groups in total. The first kappa shape index (κ1) is 11.0. The zero-order valence-electron chi connectivity index (χ0n) is 8.83. The number of aromatic nitrogens is 2. The number of carbonyl (C=O) groups is 1. The molecule has 0 unspecified atom stereocenters. The van der Waals surface area contributed by atoms with Crippen molar-refractivity contribution in [1.82, 2.24) is 14.9 Å². The number of H-pyrrole nitrogens is 1. The third-order valence-corrected chi connectivity index (χ3v) is 2.75. The first-order chi connectivity index (χ1) is 7.66. The van der Waals surface area contributed by atoms with Gasteiger partial charge in [-0.1, -0.05) is 0 Å². The molecule has 0 atom stereocenters. The van der Waals surface area contributed by atoms with E-state index in [2.05, 4.69) is 26.2 Å². The van der Waals surface area contributed by atoms with Crippen molar-refractivity contribution >= 4 is 21.8 Å². The average Bonchev–Trinajstić information content (AvgIpc) is 2.84. The molecule has 0 fully saturated rings. The molecule has 2 aromatic heterocycles. The monoisotopic (exact) mass is 281 g/mol. The SMILES string of the molecule is Cn1cc(Br)cc1C(=O)NCc1cc[nH]c1. The molecule has 5 heteroatoms. The van der Waals surface area contributed by atoms with Gasteiger partial charge in [-0.05, 0) is 33.6 Å². The number of aryl methyl sites for hydroxylation is 1. The van der Waals surface area contributed by atoms with Crippen LogP contribution in [0.2, 0.25) is 0 Å². The van der Waals surface area contributed by atoms with Gasteiger partial charge in [-0.2, -0.15) is 0 Å². The molecule has 2 rings (SSSR count).